The second kappa shape index (κ2) is 9.12. The van der Waals surface area contributed by atoms with E-state index < -0.39 is 13.7 Å². The summed E-state index contributed by atoms with van der Waals surface area (Å²) in [4.78, 5) is 9.54. The van der Waals surface area contributed by atoms with E-state index in [4.69, 9.17) is 5.11 Å². The third-order valence-corrected chi connectivity index (χ3v) is 0.430. The van der Waals surface area contributed by atoms with Gasteiger partial charge in [-0.1, -0.05) is 6.92 Å². The fourth-order valence-electron chi connectivity index (χ4n) is 0.189. The summed E-state index contributed by atoms with van der Waals surface area (Å²) in [5.74, 6) is 0. The fraction of sp³-hybridized carbons (Fsp3) is 0.750. The SMILES string of the molecule is CCCOC(=O)O.FB(F)F. The van der Waals surface area contributed by atoms with Gasteiger partial charge < -0.3 is 9.84 Å². The number of hydrogen-bond acceptors (Lipinski definition) is 2. The molecular formula is C4H8BF3O3. The molecule has 66 valence electrons. The number of ether oxygens (including phenoxy) is 1. The average molecular weight is 172 g/mol. The fourth-order valence-corrected chi connectivity index (χ4v) is 0.189. The van der Waals surface area contributed by atoms with Crippen LogP contribution in [0.2, 0.25) is 0 Å². The average Bonchev–Trinajstić information content (AvgIpc) is 1.82. The van der Waals surface area contributed by atoms with Gasteiger partial charge in [0, 0.05) is 0 Å². The van der Waals surface area contributed by atoms with Crippen LogP contribution >= 0.6 is 0 Å². The number of rotatable bonds is 2. The molecule has 0 amide bonds. The van der Waals surface area contributed by atoms with E-state index in [0.29, 0.717) is 6.61 Å². The molecule has 0 aromatic heterocycles. The Morgan fingerprint density at radius 2 is 1.91 bits per heavy atom. The highest BCUT2D eigenvalue weighted by Crippen LogP contribution is 1.80. The summed E-state index contributed by atoms with van der Waals surface area (Å²) < 4.78 is 33.1. The molecular weight excluding hydrogens is 164 g/mol. The monoisotopic (exact) mass is 172 g/mol. The first-order valence-electron chi connectivity index (χ1n) is 2.78. The summed E-state index contributed by atoms with van der Waals surface area (Å²) in [6.07, 6.45) is -0.450. The first-order valence-corrected chi connectivity index (χ1v) is 2.78. The van der Waals surface area contributed by atoms with Gasteiger partial charge in [0.05, 0.1) is 6.61 Å². The highest BCUT2D eigenvalue weighted by Gasteiger charge is 2.06. The van der Waals surface area contributed by atoms with Crippen molar-refractivity contribution in [3.8, 4) is 0 Å². The molecule has 0 saturated carbocycles. The minimum atomic E-state index is -3.67. The van der Waals surface area contributed by atoms with Crippen molar-refractivity contribution in [2.24, 2.45) is 0 Å². The third kappa shape index (κ3) is 47.4. The van der Waals surface area contributed by atoms with E-state index in [1.165, 1.54) is 0 Å². The number of carbonyl (C=O) groups is 1. The van der Waals surface area contributed by atoms with Crippen LogP contribution in [-0.2, 0) is 4.74 Å². The normalized spacial score (nSPS) is 7.64. The van der Waals surface area contributed by atoms with Crippen molar-refractivity contribution in [3.63, 3.8) is 0 Å². The minimum Gasteiger partial charge on any atom is -0.450 e. The molecule has 0 aliphatic carbocycles. The zero-order valence-electron chi connectivity index (χ0n) is 5.89. The summed E-state index contributed by atoms with van der Waals surface area (Å²) >= 11 is 0. The van der Waals surface area contributed by atoms with Crippen LogP contribution in [0.15, 0.2) is 0 Å². The number of halogens is 3. The summed E-state index contributed by atoms with van der Waals surface area (Å²) in [7, 11) is -3.67. The molecule has 0 bridgehead atoms. The van der Waals surface area contributed by atoms with Crippen LogP contribution in [0.4, 0.5) is 17.7 Å². The Kier molecular flexibility index (Phi) is 10.6. The maximum atomic E-state index is 9.67. The van der Waals surface area contributed by atoms with Crippen molar-refractivity contribution in [2.75, 3.05) is 6.61 Å². The molecule has 0 spiro atoms. The quantitative estimate of drug-likeness (QED) is 0.511. The van der Waals surface area contributed by atoms with E-state index in [1.807, 2.05) is 6.92 Å². The molecule has 0 aromatic carbocycles. The summed E-state index contributed by atoms with van der Waals surface area (Å²) in [6, 6.07) is 0. The zero-order chi connectivity index (χ0) is 9.28. The summed E-state index contributed by atoms with van der Waals surface area (Å²) in [5, 5.41) is 7.82. The van der Waals surface area contributed by atoms with Gasteiger partial charge in [0.25, 0.3) is 0 Å². The predicted molar refractivity (Wildman–Crippen MR) is 33.3 cm³/mol. The van der Waals surface area contributed by atoms with Gasteiger partial charge in [-0.3, -0.25) is 12.9 Å². The van der Waals surface area contributed by atoms with Crippen LogP contribution in [0.5, 0.6) is 0 Å². The van der Waals surface area contributed by atoms with E-state index in [9.17, 15) is 17.7 Å². The second-order valence-corrected chi connectivity index (χ2v) is 1.36. The first-order chi connectivity index (χ1) is 5.00. The second-order valence-electron chi connectivity index (χ2n) is 1.36. The lowest BCUT2D eigenvalue weighted by molar-refractivity contribution is 0.0918. The minimum absolute atomic E-state index is 0.301. The lowest BCUT2D eigenvalue weighted by Crippen LogP contribution is -1.99. The highest BCUT2D eigenvalue weighted by molar-refractivity contribution is 6.33. The Bertz CT molecular complexity index is 97.8. The molecule has 0 heterocycles. The smallest absolute Gasteiger partial charge is 0.450 e. The van der Waals surface area contributed by atoms with Gasteiger partial charge in [0.2, 0.25) is 0 Å². The van der Waals surface area contributed by atoms with Crippen molar-refractivity contribution in [2.45, 2.75) is 13.3 Å². The van der Waals surface area contributed by atoms with Crippen molar-refractivity contribution in [1.82, 2.24) is 0 Å². The lowest BCUT2D eigenvalue weighted by atomic mass is 10.5. The molecule has 1 N–H and O–H groups in total. The first kappa shape index (κ1) is 12.8. The van der Waals surface area contributed by atoms with Crippen molar-refractivity contribution in [3.05, 3.63) is 0 Å². The maximum absolute atomic E-state index is 9.67. The van der Waals surface area contributed by atoms with E-state index in [0.717, 1.165) is 6.42 Å². The predicted octanol–water partition coefficient (Wildman–Crippen LogP) is 1.97. The van der Waals surface area contributed by atoms with Crippen LogP contribution in [-0.4, -0.2) is 25.4 Å². The van der Waals surface area contributed by atoms with Crippen molar-refractivity contribution in [1.29, 1.82) is 0 Å². The van der Waals surface area contributed by atoms with Gasteiger partial charge in [-0.25, -0.2) is 4.79 Å². The third-order valence-electron chi connectivity index (χ3n) is 0.430. The van der Waals surface area contributed by atoms with E-state index in [-0.39, 0.29) is 0 Å². The molecule has 3 nitrogen and oxygen atoms in total. The van der Waals surface area contributed by atoms with Gasteiger partial charge in [0.15, 0.2) is 0 Å². The molecule has 0 aliphatic heterocycles. The van der Waals surface area contributed by atoms with Crippen LogP contribution in [0.1, 0.15) is 13.3 Å². The molecule has 0 aliphatic rings. The topological polar surface area (TPSA) is 46.5 Å². The number of hydrogen-bond donors (Lipinski definition) is 1. The van der Waals surface area contributed by atoms with Crippen LogP contribution < -0.4 is 0 Å². The summed E-state index contributed by atoms with van der Waals surface area (Å²) in [6.45, 7) is 2.15. The van der Waals surface area contributed by atoms with Crippen LogP contribution in [0.3, 0.4) is 0 Å². The van der Waals surface area contributed by atoms with Crippen LogP contribution in [0, 0.1) is 0 Å². The molecule has 0 rings (SSSR count). The maximum Gasteiger partial charge on any atom is 0.762 e. The van der Waals surface area contributed by atoms with Gasteiger partial charge in [-0.15, -0.1) is 0 Å². The summed E-state index contributed by atoms with van der Waals surface area (Å²) in [5.41, 5.74) is 0. The largest absolute Gasteiger partial charge is 0.762 e. The Morgan fingerprint density at radius 1 is 1.55 bits per heavy atom. The van der Waals surface area contributed by atoms with Crippen molar-refractivity contribution < 1.29 is 27.6 Å². The van der Waals surface area contributed by atoms with Gasteiger partial charge >= 0.3 is 13.7 Å². The molecule has 0 atom stereocenters. The molecule has 0 unspecified atom stereocenters. The highest BCUT2D eigenvalue weighted by atomic mass is 19.4. The van der Waals surface area contributed by atoms with E-state index in [1.54, 1.807) is 0 Å². The standard InChI is InChI=1S/C4H8O3.BF3/c1-2-3-7-4(5)6;2-1(3)4/h2-3H2,1H3,(H,5,6);. The molecule has 0 radical (unpaired) electrons. The Hall–Kier alpha value is -0.875. The Balaban J connectivity index is 0. The lowest BCUT2D eigenvalue weighted by Gasteiger charge is -1.91. The molecule has 0 saturated heterocycles. The Morgan fingerprint density at radius 3 is 2.00 bits per heavy atom. The van der Waals surface area contributed by atoms with E-state index >= 15 is 0 Å². The van der Waals surface area contributed by atoms with Gasteiger partial charge in [0.1, 0.15) is 0 Å². The molecule has 0 fully saturated rings. The van der Waals surface area contributed by atoms with Crippen LogP contribution in [0.25, 0.3) is 0 Å². The molecule has 0 aromatic rings. The van der Waals surface area contributed by atoms with Gasteiger partial charge in [-0.05, 0) is 6.42 Å². The molecule has 7 heteroatoms. The molecule has 11 heavy (non-hydrogen) atoms. The van der Waals surface area contributed by atoms with Crippen molar-refractivity contribution >= 4 is 13.7 Å². The van der Waals surface area contributed by atoms with Gasteiger partial charge in [-0.2, -0.15) is 0 Å². The van der Waals surface area contributed by atoms with E-state index in [2.05, 4.69) is 4.74 Å². The number of carboxylic acid groups (broad SMARTS) is 1. The Labute approximate surface area is 62.4 Å². The zero-order valence-corrected chi connectivity index (χ0v) is 5.89.